The summed E-state index contributed by atoms with van der Waals surface area (Å²) in [6.07, 6.45) is 9.78. The van der Waals surface area contributed by atoms with Crippen molar-refractivity contribution in [1.29, 1.82) is 0 Å². The summed E-state index contributed by atoms with van der Waals surface area (Å²) in [7, 11) is 0. The minimum absolute atomic E-state index is 0.0301. The molecule has 1 aromatic carbocycles. The molecular weight excluding hydrogens is 328 g/mol. The van der Waals surface area contributed by atoms with E-state index in [-0.39, 0.29) is 23.0 Å². The van der Waals surface area contributed by atoms with Crippen molar-refractivity contribution in [1.82, 2.24) is 0 Å². The van der Waals surface area contributed by atoms with Crippen molar-refractivity contribution in [2.24, 2.45) is 11.8 Å². The predicted octanol–water partition coefficient (Wildman–Crippen LogP) is 6.84. The smallest absolute Gasteiger partial charge is 0.170 e. The summed E-state index contributed by atoms with van der Waals surface area (Å²) in [5.74, 6) is -5.34. The van der Waals surface area contributed by atoms with E-state index in [9.17, 15) is 17.6 Å². The maximum Gasteiger partial charge on any atom is 0.170 e. The molecule has 0 aliphatic heterocycles. The minimum atomic E-state index is -1.42. The number of hydrogen-bond acceptors (Lipinski definition) is 0. The second-order valence-corrected chi connectivity index (χ2v) is 6.32. The normalized spacial score (nSPS) is 20.2. The van der Waals surface area contributed by atoms with E-state index in [0.29, 0.717) is 0 Å². The highest BCUT2D eigenvalue weighted by Gasteiger charge is 2.29. The number of benzene rings is 1. The van der Waals surface area contributed by atoms with Crippen molar-refractivity contribution < 1.29 is 17.6 Å². The predicted molar refractivity (Wildman–Crippen MR) is 94.8 cm³/mol. The highest BCUT2D eigenvalue weighted by Crippen LogP contribution is 2.37. The van der Waals surface area contributed by atoms with Crippen LogP contribution in [0.4, 0.5) is 17.6 Å². The fraction of sp³-hybridized carbons (Fsp3) is 0.333. The SMILES string of the molecule is C=C(C=CC)c1c(F)c(F)c(C2=CC(C)C(CCC)C=C2)c(F)c1F. The van der Waals surface area contributed by atoms with Crippen LogP contribution in [-0.2, 0) is 0 Å². The quantitative estimate of drug-likeness (QED) is 0.310. The fourth-order valence-corrected chi connectivity index (χ4v) is 3.18. The molecule has 0 radical (unpaired) electrons. The van der Waals surface area contributed by atoms with Crippen molar-refractivity contribution in [2.45, 2.75) is 33.6 Å². The third kappa shape index (κ3) is 3.63. The summed E-state index contributed by atoms with van der Waals surface area (Å²) >= 11 is 0. The lowest BCUT2D eigenvalue weighted by atomic mass is 9.82. The molecule has 1 aliphatic rings. The van der Waals surface area contributed by atoms with E-state index in [1.165, 1.54) is 12.2 Å². The van der Waals surface area contributed by atoms with Crippen LogP contribution in [0.25, 0.3) is 11.1 Å². The fourth-order valence-electron chi connectivity index (χ4n) is 3.18. The van der Waals surface area contributed by atoms with Crippen molar-refractivity contribution >= 4 is 11.1 Å². The van der Waals surface area contributed by atoms with Gasteiger partial charge in [-0.1, -0.05) is 57.2 Å². The van der Waals surface area contributed by atoms with Gasteiger partial charge in [-0.25, -0.2) is 17.6 Å². The van der Waals surface area contributed by atoms with Crippen LogP contribution in [0.5, 0.6) is 0 Å². The van der Waals surface area contributed by atoms with Gasteiger partial charge in [0, 0.05) is 0 Å². The Balaban J connectivity index is 2.57. The third-order valence-electron chi connectivity index (χ3n) is 4.50. The van der Waals surface area contributed by atoms with E-state index < -0.39 is 34.4 Å². The summed E-state index contributed by atoms with van der Waals surface area (Å²) in [4.78, 5) is 0. The summed E-state index contributed by atoms with van der Waals surface area (Å²) in [5.41, 5.74) is -1.39. The summed E-state index contributed by atoms with van der Waals surface area (Å²) in [6, 6.07) is 0. The van der Waals surface area contributed by atoms with E-state index in [1.54, 1.807) is 19.1 Å². The number of hydrogen-bond donors (Lipinski definition) is 0. The third-order valence-corrected chi connectivity index (χ3v) is 4.50. The zero-order valence-corrected chi connectivity index (χ0v) is 14.7. The van der Waals surface area contributed by atoms with E-state index in [2.05, 4.69) is 13.5 Å². The van der Waals surface area contributed by atoms with Crippen LogP contribution in [0.3, 0.4) is 0 Å². The van der Waals surface area contributed by atoms with Crippen LogP contribution in [0, 0.1) is 35.1 Å². The van der Waals surface area contributed by atoms with Gasteiger partial charge in [0.1, 0.15) is 0 Å². The summed E-state index contributed by atoms with van der Waals surface area (Å²) < 4.78 is 57.9. The lowest BCUT2D eigenvalue weighted by Gasteiger charge is -2.23. The Bertz CT molecular complexity index is 740. The Labute approximate surface area is 146 Å². The molecule has 134 valence electrons. The van der Waals surface area contributed by atoms with Crippen molar-refractivity contribution in [3.63, 3.8) is 0 Å². The minimum Gasteiger partial charge on any atom is -0.203 e. The Hall–Kier alpha value is -2.10. The number of rotatable bonds is 5. The second-order valence-electron chi connectivity index (χ2n) is 6.32. The lowest BCUT2D eigenvalue weighted by molar-refractivity contribution is 0.444. The molecule has 0 heterocycles. The molecule has 1 aromatic rings. The van der Waals surface area contributed by atoms with Gasteiger partial charge in [0.05, 0.1) is 11.1 Å². The van der Waals surface area contributed by atoms with Crippen LogP contribution in [0.15, 0.2) is 37.0 Å². The Kier molecular flexibility index (Phi) is 6.04. The van der Waals surface area contributed by atoms with Crippen LogP contribution >= 0.6 is 0 Å². The average Bonchev–Trinajstić information content (AvgIpc) is 2.56. The van der Waals surface area contributed by atoms with Gasteiger partial charge in [-0.2, -0.15) is 0 Å². The van der Waals surface area contributed by atoms with Crippen LogP contribution in [0.2, 0.25) is 0 Å². The zero-order valence-electron chi connectivity index (χ0n) is 14.7. The van der Waals surface area contributed by atoms with E-state index in [0.717, 1.165) is 12.8 Å². The van der Waals surface area contributed by atoms with Gasteiger partial charge in [0.25, 0.3) is 0 Å². The number of allylic oxidation sites excluding steroid dienone is 7. The maximum absolute atomic E-state index is 14.5. The largest absolute Gasteiger partial charge is 0.203 e. The molecule has 0 aromatic heterocycles. The second kappa shape index (κ2) is 7.85. The molecule has 4 heteroatoms. The Morgan fingerprint density at radius 2 is 1.72 bits per heavy atom. The standard InChI is InChI=1S/C21H22F4/c1-5-7-12(3)16-18(22)20(24)17(21(25)19(16)23)15-10-9-14(8-6-2)13(4)11-15/h5,7,9-11,13-14H,3,6,8H2,1-2,4H3. The molecule has 2 unspecified atom stereocenters. The Morgan fingerprint density at radius 1 is 1.12 bits per heavy atom. The molecular formula is C21H22F4. The lowest BCUT2D eigenvalue weighted by Crippen LogP contribution is -2.13. The topological polar surface area (TPSA) is 0 Å². The molecule has 0 N–H and O–H groups in total. The first-order chi connectivity index (χ1) is 11.8. The van der Waals surface area contributed by atoms with Gasteiger partial charge in [0.15, 0.2) is 23.3 Å². The first-order valence-corrected chi connectivity index (χ1v) is 8.41. The molecule has 0 nitrogen and oxygen atoms in total. The summed E-state index contributed by atoms with van der Waals surface area (Å²) in [6.45, 7) is 9.07. The molecule has 0 saturated carbocycles. The molecule has 0 fully saturated rings. The molecule has 25 heavy (non-hydrogen) atoms. The van der Waals surface area contributed by atoms with E-state index >= 15 is 0 Å². The summed E-state index contributed by atoms with van der Waals surface area (Å²) in [5, 5.41) is 0. The molecule has 2 atom stereocenters. The van der Waals surface area contributed by atoms with Crippen LogP contribution in [0.1, 0.15) is 44.7 Å². The van der Waals surface area contributed by atoms with Gasteiger partial charge < -0.3 is 0 Å². The van der Waals surface area contributed by atoms with Crippen molar-refractivity contribution in [3.8, 4) is 0 Å². The van der Waals surface area contributed by atoms with Gasteiger partial charge in [-0.15, -0.1) is 0 Å². The highest BCUT2D eigenvalue weighted by molar-refractivity contribution is 5.79. The van der Waals surface area contributed by atoms with Gasteiger partial charge >= 0.3 is 0 Å². The van der Waals surface area contributed by atoms with Crippen LogP contribution < -0.4 is 0 Å². The van der Waals surface area contributed by atoms with Crippen molar-refractivity contribution in [2.75, 3.05) is 0 Å². The van der Waals surface area contributed by atoms with Crippen molar-refractivity contribution in [3.05, 3.63) is 71.4 Å². The van der Waals surface area contributed by atoms with E-state index in [1.807, 2.05) is 13.0 Å². The maximum atomic E-state index is 14.5. The van der Waals surface area contributed by atoms with Gasteiger partial charge in [0.2, 0.25) is 0 Å². The molecule has 2 rings (SSSR count). The monoisotopic (exact) mass is 350 g/mol. The Morgan fingerprint density at radius 3 is 2.20 bits per heavy atom. The van der Waals surface area contributed by atoms with Gasteiger partial charge in [-0.3, -0.25) is 0 Å². The highest BCUT2D eigenvalue weighted by atomic mass is 19.2. The number of halogens is 4. The molecule has 0 saturated heterocycles. The van der Waals surface area contributed by atoms with Gasteiger partial charge in [-0.05, 0) is 36.3 Å². The molecule has 0 spiro atoms. The zero-order chi connectivity index (χ0) is 18.7. The first-order valence-electron chi connectivity index (χ1n) is 8.41. The molecule has 1 aliphatic carbocycles. The molecule has 0 amide bonds. The first kappa shape index (κ1) is 19.2. The van der Waals surface area contributed by atoms with Crippen LogP contribution in [-0.4, -0.2) is 0 Å². The van der Waals surface area contributed by atoms with E-state index in [4.69, 9.17) is 0 Å². The average molecular weight is 350 g/mol. The molecule has 0 bridgehead atoms.